The molecular formula is C19H20FN7O3. The fourth-order valence-electron chi connectivity index (χ4n) is 3.37. The number of carboxylic acids is 1. The first-order chi connectivity index (χ1) is 14.5. The molecule has 0 amide bonds. The summed E-state index contributed by atoms with van der Waals surface area (Å²) in [5, 5.41) is 16.5. The van der Waals surface area contributed by atoms with E-state index in [4.69, 9.17) is 5.11 Å². The summed E-state index contributed by atoms with van der Waals surface area (Å²) in [4.78, 5) is 36.4. The van der Waals surface area contributed by atoms with Crippen LogP contribution in [0.2, 0.25) is 0 Å². The highest BCUT2D eigenvalue weighted by atomic mass is 19.1. The Hall–Kier alpha value is -3.44. The average Bonchev–Trinajstić information content (AvgIpc) is 2.76. The minimum Gasteiger partial charge on any atom is -0.481 e. The van der Waals surface area contributed by atoms with Crippen molar-refractivity contribution >= 4 is 28.6 Å². The Morgan fingerprint density at radius 1 is 1.30 bits per heavy atom. The number of nitrogens with one attached hydrogen (secondary N) is 1. The highest BCUT2D eigenvalue weighted by Crippen LogP contribution is 2.25. The van der Waals surface area contributed by atoms with Crippen LogP contribution in [0.15, 0.2) is 41.6 Å². The molecule has 4 rings (SSSR count). The lowest BCUT2D eigenvalue weighted by Gasteiger charge is -2.37. The molecule has 0 radical (unpaired) electrons. The van der Waals surface area contributed by atoms with Crippen LogP contribution in [0.1, 0.15) is 6.42 Å². The molecule has 0 spiro atoms. The lowest BCUT2D eigenvalue weighted by atomic mass is 10.3. The maximum Gasteiger partial charge on any atom is 0.305 e. The number of fused-ring (bicyclic) bond motifs is 1. The van der Waals surface area contributed by atoms with Crippen LogP contribution in [0.5, 0.6) is 0 Å². The number of carbonyl (C=O) groups is 1. The Bertz CT molecular complexity index is 1120. The van der Waals surface area contributed by atoms with E-state index in [1.807, 2.05) is 11.1 Å². The molecule has 0 bridgehead atoms. The third kappa shape index (κ3) is 3.98. The highest BCUT2D eigenvalue weighted by molar-refractivity contribution is 5.76. The van der Waals surface area contributed by atoms with Gasteiger partial charge in [0.15, 0.2) is 5.82 Å². The summed E-state index contributed by atoms with van der Waals surface area (Å²) < 4.78 is 15.1. The molecule has 156 valence electrons. The van der Waals surface area contributed by atoms with Crippen LogP contribution in [0.3, 0.4) is 0 Å². The molecule has 0 aliphatic carbocycles. The van der Waals surface area contributed by atoms with Crippen molar-refractivity contribution in [2.75, 3.05) is 31.2 Å². The van der Waals surface area contributed by atoms with Crippen molar-refractivity contribution in [2.45, 2.75) is 13.0 Å². The summed E-state index contributed by atoms with van der Waals surface area (Å²) in [6.07, 6.45) is 4.44. The van der Waals surface area contributed by atoms with Gasteiger partial charge in [-0.05, 0) is 18.2 Å². The smallest absolute Gasteiger partial charge is 0.305 e. The van der Waals surface area contributed by atoms with E-state index < -0.39 is 17.3 Å². The number of hydrogen-bond donors (Lipinski definition) is 2. The van der Waals surface area contributed by atoms with Crippen molar-refractivity contribution < 1.29 is 14.3 Å². The standard InChI is InChI=1S/C19H20FN7O3/c20-15-10-13-11-23-19(24-17(13)26(18(15)30)7-3-16(28)29)27(14-2-1-4-22-12-14)25-8-5-21-6-9-25/h1-2,4,10-12,21H,3,5-9H2,(H,28,29). The van der Waals surface area contributed by atoms with Crippen LogP contribution in [-0.2, 0) is 11.3 Å². The Morgan fingerprint density at radius 3 is 2.80 bits per heavy atom. The topological polar surface area (TPSA) is 116 Å². The third-order valence-corrected chi connectivity index (χ3v) is 4.78. The van der Waals surface area contributed by atoms with E-state index in [0.29, 0.717) is 18.5 Å². The van der Waals surface area contributed by atoms with Crippen molar-refractivity contribution in [3.05, 3.63) is 53.0 Å². The summed E-state index contributed by atoms with van der Waals surface area (Å²) in [5.41, 5.74) is 0.000435. The van der Waals surface area contributed by atoms with Crippen LogP contribution < -0.4 is 15.9 Å². The summed E-state index contributed by atoms with van der Waals surface area (Å²) >= 11 is 0. The van der Waals surface area contributed by atoms with Gasteiger partial charge in [-0.15, -0.1) is 0 Å². The predicted molar refractivity (Wildman–Crippen MR) is 107 cm³/mol. The number of hydrazine groups is 1. The van der Waals surface area contributed by atoms with E-state index in [1.54, 1.807) is 18.5 Å². The first-order valence-electron chi connectivity index (χ1n) is 9.48. The van der Waals surface area contributed by atoms with Crippen LogP contribution >= 0.6 is 0 Å². The fraction of sp³-hybridized carbons (Fsp3) is 0.316. The normalized spacial score (nSPS) is 14.7. The van der Waals surface area contributed by atoms with Gasteiger partial charge in [0, 0.05) is 50.5 Å². The summed E-state index contributed by atoms with van der Waals surface area (Å²) in [7, 11) is 0. The van der Waals surface area contributed by atoms with Gasteiger partial charge in [-0.25, -0.2) is 19.4 Å². The monoisotopic (exact) mass is 413 g/mol. The Balaban J connectivity index is 1.85. The van der Waals surface area contributed by atoms with Gasteiger partial charge in [0.05, 0.1) is 18.3 Å². The van der Waals surface area contributed by atoms with E-state index in [-0.39, 0.29) is 24.6 Å². The van der Waals surface area contributed by atoms with Gasteiger partial charge in [-0.3, -0.25) is 19.1 Å². The number of pyridine rings is 2. The molecule has 10 nitrogen and oxygen atoms in total. The third-order valence-electron chi connectivity index (χ3n) is 4.78. The highest BCUT2D eigenvalue weighted by Gasteiger charge is 2.24. The first-order valence-corrected chi connectivity index (χ1v) is 9.48. The molecule has 1 saturated heterocycles. The van der Waals surface area contributed by atoms with Gasteiger partial charge < -0.3 is 10.4 Å². The lowest BCUT2D eigenvalue weighted by Crippen LogP contribution is -2.51. The molecule has 1 aliphatic rings. The number of aryl methyl sites for hydroxylation is 1. The number of anilines is 2. The summed E-state index contributed by atoms with van der Waals surface area (Å²) in [6, 6.07) is 4.73. The second-order valence-electron chi connectivity index (χ2n) is 6.77. The molecule has 1 fully saturated rings. The SMILES string of the molecule is O=C(O)CCn1c(=O)c(F)cc2cnc(N(c3cccnc3)N3CCNCC3)nc21. The number of rotatable bonds is 6. The number of piperazine rings is 1. The zero-order valence-electron chi connectivity index (χ0n) is 16.0. The summed E-state index contributed by atoms with van der Waals surface area (Å²) in [6.45, 7) is 2.76. The zero-order chi connectivity index (χ0) is 21.1. The molecule has 0 atom stereocenters. The van der Waals surface area contributed by atoms with Gasteiger partial charge >= 0.3 is 5.97 Å². The number of carboxylic acid groups (broad SMARTS) is 1. The Morgan fingerprint density at radius 2 is 2.10 bits per heavy atom. The van der Waals surface area contributed by atoms with Crippen LogP contribution in [0, 0.1) is 5.82 Å². The minimum atomic E-state index is -1.09. The molecule has 0 saturated carbocycles. The number of aromatic nitrogens is 4. The Kier molecular flexibility index (Phi) is 5.63. The largest absolute Gasteiger partial charge is 0.481 e. The van der Waals surface area contributed by atoms with Gasteiger partial charge in [0.2, 0.25) is 5.95 Å². The second-order valence-corrected chi connectivity index (χ2v) is 6.77. The van der Waals surface area contributed by atoms with Crippen LogP contribution in [0.4, 0.5) is 16.0 Å². The van der Waals surface area contributed by atoms with E-state index >= 15 is 0 Å². The molecule has 4 heterocycles. The van der Waals surface area contributed by atoms with Crippen molar-refractivity contribution in [3.63, 3.8) is 0 Å². The fourth-order valence-corrected chi connectivity index (χ4v) is 3.37. The first kappa shape index (κ1) is 19.9. The van der Waals surface area contributed by atoms with Crippen molar-refractivity contribution in [3.8, 4) is 0 Å². The molecule has 11 heteroatoms. The molecule has 2 N–H and O–H groups in total. The molecule has 30 heavy (non-hydrogen) atoms. The molecular weight excluding hydrogens is 393 g/mol. The van der Waals surface area contributed by atoms with E-state index in [0.717, 1.165) is 29.4 Å². The minimum absolute atomic E-state index is 0.177. The molecule has 0 aromatic carbocycles. The molecule has 3 aromatic rings. The quantitative estimate of drug-likeness (QED) is 0.604. The van der Waals surface area contributed by atoms with Crippen LogP contribution in [0.25, 0.3) is 11.0 Å². The second kappa shape index (κ2) is 8.51. The van der Waals surface area contributed by atoms with Crippen molar-refractivity contribution in [1.29, 1.82) is 0 Å². The maximum atomic E-state index is 14.1. The van der Waals surface area contributed by atoms with E-state index in [2.05, 4.69) is 25.3 Å². The number of hydrogen-bond acceptors (Lipinski definition) is 8. The zero-order valence-corrected chi connectivity index (χ0v) is 16.0. The van der Waals surface area contributed by atoms with Gasteiger partial charge in [-0.2, -0.15) is 4.98 Å². The van der Waals surface area contributed by atoms with Crippen LogP contribution in [-0.4, -0.2) is 61.8 Å². The van der Waals surface area contributed by atoms with E-state index in [1.165, 1.54) is 6.20 Å². The number of aliphatic carboxylic acids is 1. The van der Waals surface area contributed by atoms with Gasteiger partial charge in [0.1, 0.15) is 5.65 Å². The van der Waals surface area contributed by atoms with Crippen molar-refractivity contribution in [1.82, 2.24) is 29.8 Å². The molecule has 3 aromatic heterocycles. The summed E-state index contributed by atoms with van der Waals surface area (Å²) in [5.74, 6) is -1.78. The number of nitrogens with zero attached hydrogens (tertiary/aromatic N) is 6. The maximum absolute atomic E-state index is 14.1. The van der Waals surface area contributed by atoms with Gasteiger partial charge in [-0.1, -0.05) is 0 Å². The molecule has 1 aliphatic heterocycles. The average molecular weight is 413 g/mol. The Labute approximate surface area is 170 Å². The molecule has 0 unspecified atom stereocenters. The van der Waals surface area contributed by atoms with Gasteiger partial charge in [0.25, 0.3) is 5.56 Å². The van der Waals surface area contributed by atoms with Crippen molar-refractivity contribution in [2.24, 2.45) is 0 Å². The number of halogens is 1. The van der Waals surface area contributed by atoms with E-state index in [9.17, 15) is 14.0 Å². The lowest BCUT2D eigenvalue weighted by molar-refractivity contribution is -0.137. The predicted octanol–water partition coefficient (Wildman–Crippen LogP) is 0.759.